The lowest BCUT2D eigenvalue weighted by Crippen LogP contribution is -2.41. The monoisotopic (exact) mass is 314 g/mol. The molecule has 1 aliphatic heterocycles. The zero-order valence-corrected chi connectivity index (χ0v) is 12.4. The van der Waals surface area contributed by atoms with Crippen LogP contribution in [-0.4, -0.2) is 42.0 Å². The zero-order valence-electron chi connectivity index (χ0n) is 11.6. The summed E-state index contributed by atoms with van der Waals surface area (Å²) in [4.78, 5) is 10.9. The number of carboxylic acids is 1. The molecule has 2 rings (SSSR count). The number of aromatic carboxylic acids is 1. The summed E-state index contributed by atoms with van der Waals surface area (Å²) in [5.74, 6) is -1.22. The first-order valence-electron chi connectivity index (χ1n) is 6.64. The van der Waals surface area contributed by atoms with E-state index in [-0.39, 0.29) is 11.3 Å². The topological polar surface area (TPSA) is 107 Å². The average Bonchev–Trinajstić information content (AvgIpc) is 2.41. The van der Waals surface area contributed by atoms with Gasteiger partial charge in [0.05, 0.1) is 5.69 Å². The summed E-state index contributed by atoms with van der Waals surface area (Å²) in [6, 6.07) is 3.58. The Morgan fingerprint density at radius 1 is 1.33 bits per heavy atom. The maximum absolute atomic E-state index is 12.2. The molecule has 0 radical (unpaired) electrons. The van der Waals surface area contributed by atoms with Crippen molar-refractivity contribution < 1.29 is 23.4 Å². The predicted octanol–water partition coefficient (Wildman–Crippen LogP) is 1.48. The van der Waals surface area contributed by atoms with Gasteiger partial charge in [0.2, 0.25) is 0 Å². The van der Waals surface area contributed by atoms with Crippen LogP contribution >= 0.6 is 0 Å². The van der Waals surface area contributed by atoms with Crippen molar-refractivity contribution in [2.45, 2.75) is 19.8 Å². The third-order valence-electron chi connectivity index (χ3n) is 3.56. The molecule has 21 heavy (non-hydrogen) atoms. The second-order valence-corrected chi connectivity index (χ2v) is 6.90. The minimum atomic E-state index is -3.71. The van der Waals surface area contributed by atoms with Crippen molar-refractivity contribution in [1.82, 2.24) is 4.31 Å². The number of anilines is 1. The van der Waals surface area contributed by atoms with E-state index in [4.69, 9.17) is 5.11 Å². The van der Waals surface area contributed by atoms with Gasteiger partial charge in [-0.1, -0.05) is 6.92 Å². The van der Waals surface area contributed by atoms with Crippen LogP contribution in [0.5, 0.6) is 5.75 Å². The molecule has 0 bridgehead atoms. The SMILES string of the molecule is CC1CCN(S(=O)(=O)Nc2ccc(O)c(C(=O)O)c2)CC1. The Morgan fingerprint density at radius 3 is 2.52 bits per heavy atom. The first kappa shape index (κ1) is 15.6. The van der Waals surface area contributed by atoms with Gasteiger partial charge < -0.3 is 10.2 Å². The van der Waals surface area contributed by atoms with Crippen LogP contribution < -0.4 is 4.72 Å². The van der Waals surface area contributed by atoms with E-state index in [1.165, 1.54) is 10.4 Å². The highest BCUT2D eigenvalue weighted by atomic mass is 32.2. The molecule has 8 heteroatoms. The molecule has 1 fully saturated rings. The molecule has 0 atom stereocenters. The van der Waals surface area contributed by atoms with Crippen molar-refractivity contribution in [1.29, 1.82) is 0 Å². The molecule has 0 spiro atoms. The largest absolute Gasteiger partial charge is 0.507 e. The average molecular weight is 314 g/mol. The van der Waals surface area contributed by atoms with E-state index in [0.717, 1.165) is 25.0 Å². The van der Waals surface area contributed by atoms with Crippen molar-refractivity contribution in [3.63, 3.8) is 0 Å². The van der Waals surface area contributed by atoms with E-state index in [1.807, 2.05) is 0 Å². The number of carbonyl (C=O) groups is 1. The summed E-state index contributed by atoms with van der Waals surface area (Å²) < 4.78 is 28.2. The number of nitrogens with one attached hydrogen (secondary N) is 1. The number of nitrogens with zero attached hydrogens (tertiary/aromatic N) is 1. The second kappa shape index (κ2) is 5.90. The van der Waals surface area contributed by atoms with Crippen LogP contribution in [0.4, 0.5) is 5.69 Å². The third-order valence-corrected chi connectivity index (χ3v) is 5.09. The van der Waals surface area contributed by atoms with Gasteiger partial charge in [0.25, 0.3) is 0 Å². The molecule has 0 aromatic heterocycles. The van der Waals surface area contributed by atoms with E-state index in [2.05, 4.69) is 11.6 Å². The highest BCUT2D eigenvalue weighted by molar-refractivity contribution is 7.90. The number of carboxylic acid groups (broad SMARTS) is 1. The minimum absolute atomic E-state index is 0.115. The van der Waals surface area contributed by atoms with Crippen molar-refractivity contribution in [2.24, 2.45) is 5.92 Å². The number of rotatable bonds is 4. The zero-order chi connectivity index (χ0) is 15.6. The molecular weight excluding hydrogens is 296 g/mol. The summed E-state index contributed by atoms with van der Waals surface area (Å²) in [6.45, 7) is 2.97. The standard InChI is InChI=1S/C13H18N2O5S/c1-9-4-6-15(7-5-9)21(19,20)14-10-2-3-12(16)11(8-10)13(17)18/h2-3,8-9,14,16H,4-7H2,1H3,(H,17,18). The lowest BCUT2D eigenvalue weighted by Gasteiger charge is -2.29. The van der Waals surface area contributed by atoms with Gasteiger partial charge in [-0.3, -0.25) is 4.72 Å². The maximum atomic E-state index is 12.2. The molecule has 0 saturated carbocycles. The van der Waals surface area contributed by atoms with Crippen LogP contribution in [0.3, 0.4) is 0 Å². The summed E-state index contributed by atoms with van der Waals surface area (Å²) >= 11 is 0. The fourth-order valence-corrected chi connectivity index (χ4v) is 3.46. The first-order valence-corrected chi connectivity index (χ1v) is 8.08. The molecule has 0 amide bonds. The van der Waals surface area contributed by atoms with Gasteiger partial charge in [-0.25, -0.2) is 4.79 Å². The lowest BCUT2D eigenvalue weighted by atomic mass is 10.0. The molecule has 0 unspecified atom stereocenters. The minimum Gasteiger partial charge on any atom is -0.507 e. The van der Waals surface area contributed by atoms with Gasteiger partial charge in [0.1, 0.15) is 11.3 Å². The summed E-state index contributed by atoms with van der Waals surface area (Å²) in [5, 5.41) is 18.3. The number of phenols is 1. The van der Waals surface area contributed by atoms with Crippen LogP contribution in [-0.2, 0) is 10.2 Å². The number of piperidine rings is 1. The van der Waals surface area contributed by atoms with E-state index >= 15 is 0 Å². The van der Waals surface area contributed by atoms with Crippen LogP contribution in [0.25, 0.3) is 0 Å². The molecule has 116 valence electrons. The molecule has 1 saturated heterocycles. The fourth-order valence-electron chi connectivity index (χ4n) is 2.21. The Hall–Kier alpha value is -1.80. The van der Waals surface area contributed by atoms with Gasteiger partial charge in [-0.05, 0) is 37.0 Å². The quantitative estimate of drug-likeness (QED) is 0.730. The normalized spacial score (nSPS) is 17.6. The first-order chi connectivity index (χ1) is 9.79. The van der Waals surface area contributed by atoms with Crippen molar-refractivity contribution >= 4 is 21.9 Å². The predicted molar refractivity (Wildman–Crippen MR) is 77.6 cm³/mol. The summed E-state index contributed by atoms with van der Waals surface area (Å²) in [7, 11) is -3.71. The Kier molecular flexibility index (Phi) is 4.38. The van der Waals surface area contributed by atoms with Crippen molar-refractivity contribution in [3.8, 4) is 5.75 Å². The second-order valence-electron chi connectivity index (χ2n) is 5.23. The fraction of sp³-hybridized carbons (Fsp3) is 0.462. The van der Waals surface area contributed by atoms with Crippen LogP contribution in [0.2, 0.25) is 0 Å². The van der Waals surface area contributed by atoms with Gasteiger partial charge >= 0.3 is 16.2 Å². The highest BCUT2D eigenvalue weighted by Gasteiger charge is 2.26. The number of hydrogen-bond acceptors (Lipinski definition) is 4. The van der Waals surface area contributed by atoms with Gasteiger partial charge in [0.15, 0.2) is 0 Å². The van der Waals surface area contributed by atoms with E-state index in [9.17, 15) is 18.3 Å². The number of hydrogen-bond donors (Lipinski definition) is 3. The van der Waals surface area contributed by atoms with E-state index in [1.54, 1.807) is 0 Å². The smallest absolute Gasteiger partial charge is 0.339 e. The van der Waals surface area contributed by atoms with Crippen LogP contribution in [0.1, 0.15) is 30.1 Å². The van der Waals surface area contributed by atoms with E-state index in [0.29, 0.717) is 19.0 Å². The number of aromatic hydroxyl groups is 1. The van der Waals surface area contributed by atoms with Crippen molar-refractivity contribution in [2.75, 3.05) is 17.8 Å². The molecular formula is C13H18N2O5S. The lowest BCUT2D eigenvalue weighted by molar-refractivity contribution is 0.0693. The maximum Gasteiger partial charge on any atom is 0.339 e. The van der Waals surface area contributed by atoms with Gasteiger partial charge in [0, 0.05) is 13.1 Å². The summed E-state index contributed by atoms with van der Waals surface area (Å²) in [5.41, 5.74) is -0.230. The van der Waals surface area contributed by atoms with E-state index < -0.39 is 21.9 Å². The Balaban J connectivity index is 2.17. The molecule has 7 nitrogen and oxygen atoms in total. The Morgan fingerprint density at radius 2 is 1.95 bits per heavy atom. The van der Waals surface area contributed by atoms with Gasteiger partial charge in [-0.15, -0.1) is 0 Å². The van der Waals surface area contributed by atoms with Crippen LogP contribution in [0.15, 0.2) is 18.2 Å². The highest BCUT2D eigenvalue weighted by Crippen LogP contribution is 2.24. The van der Waals surface area contributed by atoms with Crippen LogP contribution in [0, 0.1) is 5.92 Å². The van der Waals surface area contributed by atoms with Gasteiger partial charge in [-0.2, -0.15) is 12.7 Å². The summed E-state index contributed by atoms with van der Waals surface area (Å²) in [6.07, 6.45) is 1.60. The molecule has 1 aromatic carbocycles. The molecule has 1 aromatic rings. The number of benzene rings is 1. The van der Waals surface area contributed by atoms with Crippen molar-refractivity contribution in [3.05, 3.63) is 23.8 Å². The molecule has 3 N–H and O–H groups in total. The third kappa shape index (κ3) is 3.64. The molecule has 0 aliphatic carbocycles. The molecule has 1 heterocycles. The molecule has 1 aliphatic rings. The Bertz CT molecular complexity index is 636. The Labute approximate surface area is 123 Å².